The molecule has 3 aliphatic carbocycles. The Morgan fingerprint density at radius 2 is 1.80 bits per heavy atom. The van der Waals surface area contributed by atoms with E-state index >= 15 is 0 Å². The van der Waals surface area contributed by atoms with Gasteiger partial charge >= 0.3 is 5.97 Å². The zero-order chi connectivity index (χ0) is 30.6. The molecule has 0 radical (unpaired) electrons. The van der Waals surface area contributed by atoms with Gasteiger partial charge < -0.3 is 19.9 Å². The molecule has 0 aromatic heterocycles. The molecule has 6 rings (SSSR count). The molecule has 2 aliphatic heterocycles. The quantitative estimate of drug-likeness (QED) is 0.0833. The summed E-state index contributed by atoms with van der Waals surface area (Å²) in [5, 5.41) is 16.1. The third-order valence-corrected chi connectivity index (χ3v) is 11.2. The van der Waals surface area contributed by atoms with Gasteiger partial charge in [0, 0.05) is 24.4 Å². The van der Waals surface area contributed by atoms with Gasteiger partial charge in [0.25, 0.3) is 0 Å². The second kappa shape index (κ2) is 13.9. The average molecular weight is 604 g/mol. The van der Waals surface area contributed by atoms with Crippen LogP contribution in [0, 0.1) is 11.8 Å². The lowest BCUT2D eigenvalue weighted by molar-refractivity contribution is -0.181. The second-order valence-corrected chi connectivity index (χ2v) is 14.2. The van der Waals surface area contributed by atoms with Crippen molar-refractivity contribution in [3.05, 3.63) is 47.6 Å². The topological polar surface area (TPSA) is 84.9 Å². The van der Waals surface area contributed by atoms with E-state index in [4.69, 9.17) is 9.47 Å². The molecule has 2 N–H and O–H groups in total. The van der Waals surface area contributed by atoms with Crippen LogP contribution in [0.5, 0.6) is 11.5 Å². The first-order valence-electron chi connectivity index (χ1n) is 17.8. The van der Waals surface area contributed by atoms with E-state index in [1.54, 1.807) is 0 Å². The summed E-state index contributed by atoms with van der Waals surface area (Å²) in [6, 6.07) is 3.79. The molecule has 1 aromatic rings. The summed E-state index contributed by atoms with van der Waals surface area (Å²) < 4.78 is 12.5. The van der Waals surface area contributed by atoms with Gasteiger partial charge in [0.1, 0.15) is 0 Å². The number of esters is 1. The number of rotatable bonds is 17. The highest BCUT2D eigenvalue weighted by molar-refractivity contribution is 5.90. The summed E-state index contributed by atoms with van der Waals surface area (Å²) in [4.78, 5) is 26.4. The zero-order valence-corrected chi connectivity index (χ0v) is 26.8. The Morgan fingerprint density at radius 1 is 1.05 bits per heavy atom. The predicted molar refractivity (Wildman–Crippen MR) is 173 cm³/mol. The number of piperidine rings is 1. The van der Waals surface area contributed by atoms with Gasteiger partial charge in [-0.05, 0) is 87.8 Å². The van der Waals surface area contributed by atoms with Crippen LogP contribution in [0.3, 0.4) is 0 Å². The fourth-order valence-electron chi connectivity index (χ4n) is 8.77. The summed E-state index contributed by atoms with van der Waals surface area (Å²) in [6.07, 6.45) is 26.2. The Morgan fingerprint density at radius 3 is 2.57 bits per heavy atom. The van der Waals surface area contributed by atoms with E-state index in [1.165, 1.54) is 51.4 Å². The van der Waals surface area contributed by atoms with Crippen LogP contribution in [0.4, 0.5) is 0 Å². The second-order valence-electron chi connectivity index (χ2n) is 14.2. The van der Waals surface area contributed by atoms with Crippen molar-refractivity contribution in [3.63, 3.8) is 0 Å². The van der Waals surface area contributed by atoms with E-state index in [0.717, 1.165) is 56.2 Å². The molecule has 3 fully saturated rings. The van der Waals surface area contributed by atoms with Gasteiger partial charge in [-0.3, -0.25) is 9.59 Å². The van der Waals surface area contributed by atoms with Crippen LogP contribution in [-0.2, 0) is 21.4 Å². The summed E-state index contributed by atoms with van der Waals surface area (Å²) in [7, 11) is 0. The molecular formula is C38H53NO5. The predicted octanol–water partition coefficient (Wildman–Crippen LogP) is 7.44. The lowest BCUT2D eigenvalue weighted by atomic mass is 9.45. The molecule has 5 aliphatic rings. The van der Waals surface area contributed by atoms with E-state index in [1.807, 2.05) is 12.1 Å². The molecule has 2 saturated carbocycles. The van der Waals surface area contributed by atoms with Gasteiger partial charge in [0.15, 0.2) is 23.4 Å². The number of unbranched alkanes of at least 4 members (excludes halogenated alkanes) is 8. The van der Waals surface area contributed by atoms with Gasteiger partial charge in [-0.1, -0.05) is 82.2 Å². The van der Waals surface area contributed by atoms with Crippen LogP contribution in [0.15, 0.2) is 36.4 Å². The Balaban J connectivity index is 1.01. The van der Waals surface area contributed by atoms with Crippen molar-refractivity contribution in [2.24, 2.45) is 11.8 Å². The third kappa shape index (κ3) is 6.06. The number of hydrogen-bond donors (Lipinski definition) is 2. The number of ether oxygens (including phenoxy) is 2. The molecule has 1 saturated heterocycles. The van der Waals surface area contributed by atoms with E-state index in [9.17, 15) is 14.7 Å². The van der Waals surface area contributed by atoms with E-state index in [2.05, 4.69) is 36.5 Å². The van der Waals surface area contributed by atoms with Crippen LogP contribution < -0.4 is 14.8 Å². The lowest BCUT2D eigenvalue weighted by Gasteiger charge is -2.63. The molecule has 2 bridgehead atoms. The van der Waals surface area contributed by atoms with Crippen LogP contribution in [0.2, 0.25) is 0 Å². The van der Waals surface area contributed by atoms with Crippen molar-refractivity contribution < 1.29 is 24.2 Å². The summed E-state index contributed by atoms with van der Waals surface area (Å²) in [6.45, 7) is 3.02. The minimum Gasteiger partial charge on any atom is -0.477 e. The highest BCUT2D eigenvalue weighted by atomic mass is 16.6. The molecule has 2 heterocycles. The van der Waals surface area contributed by atoms with Crippen LogP contribution in [-0.4, -0.2) is 41.2 Å². The highest BCUT2D eigenvalue weighted by Crippen LogP contribution is 2.66. The fraction of sp³-hybridized carbons (Fsp3) is 0.684. The van der Waals surface area contributed by atoms with E-state index in [0.29, 0.717) is 43.1 Å². The van der Waals surface area contributed by atoms with Crippen LogP contribution in [0.1, 0.15) is 127 Å². The molecular weight excluding hydrogens is 550 g/mol. The molecule has 1 spiro atoms. The van der Waals surface area contributed by atoms with Crippen molar-refractivity contribution >= 4 is 11.8 Å². The molecule has 0 amide bonds. The number of carbonyl (C=O) groups excluding carboxylic acids is 2. The lowest BCUT2D eigenvalue weighted by Crippen LogP contribution is -2.79. The van der Waals surface area contributed by atoms with E-state index in [-0.39, 0.29) is 23.7 Å². The molecule has 240 valence electrons. The monoisotopic (exact) mass is 603 g/mol. The number of carbonyl (C=O) groups is 2. The summed E-state index contributed by atoms with van der Waals surface area (Å²) in [5.41, 5.74) is 0.286. The fourth-order valence-corrected chi connectivity index (χ4v) is 8.77. The van der Waals surface area contributed by atoms with Crippen molar-refractivity contribution in [1.29, 1.82) is 0 Å². The van der Waals surface area contributed by atoms with Crippen molar-refractivity contribution in [1.82, 2.24) is 5.32 Å². The maximum Gasteiger partial charge on any atom is 0.311 e. The number of allylic oxidation sites excluding steroid dienone is 4. The van der Waals surface area contributed by atoms with Crippen molar-refractivity contribution in [2.75, 3.05) is 6.54 Å². The normalized spacial score (nSPS) is 30.1. The molecule has 5 unspecified atom stereocenters. The third-order valence-electron chi connectivity index (χ3n) is 11.2. The molecule has 6 nitrogen and oxygen atoms in total. The number of Topliss-reactive ketones (excluding diaryl/α,β-unsaturated/α-hetero) is 1. The SMILES string of the molecule is CCCCC/C=C\C/C=C\CCCCCCCC(=O)Oc1ccc2c3c1OC1C(=O)CCC4(O)C(C2)NCC(CC2CC2)C314. The molecule has 1 aromatic carbocycles. The number of aliphatic hydroxyl groups is 1. The van der Waals surface area contributed by atoms with Crippen molar-refractivity contribution in [3.8, 4) is 11.5 Å². The van der Waals surface area contributed by atoms with Crippen molar-refractivity contribution in [2.45, 2.75) is 146 Å². The maximum absolute atomic E-state index is 13.4. The first-order chi connectivity index (χ1) is 21.5. The highest BCUT2D eigenvalue weighted by Gasteiger charge is 2.75. The largest absolute Gasteiger partial charge is 0.477 e. The van der Waals surface area contributed by atoms with Gasteiger partial charge in [0.2, 0.25) is 0 Å². The Bertz CT molecular complexity index is 1250. The zero-order valence-electron chi connectivity index (χ0n) is 26.8. The van der Waals surface area contributed by atoms with Gasteiger partial charge in [0.05, 0.1) is 11.0 Å². The van der Waals surface area contributed by atoms with Gasteiger partial charge in [-0.15, -0.1) is 0 Å². The Labute approximate surface area is 264 Å². The standard InChI is InChI=1S/C38H53NO5/c1-2-3-4-5-6-7-8-9-10-11-12-13-14-15-16-17-33(41)43-31-21-20-28-25-32-37(42)23-22-30(40)36-38(37,34(28)35(31)44-36)29(26-39-32)24-27-18-19-27/h6-7,9-10,20-21,27,29,32,36,39,42H,2-5,8,11-19,22-26H2,1H3/b7-6-,10-9-. The minimum atomic E-state index is -1.04. The van der Waals surface area contributed by atoms with Crippen LogP contribution >= 0.6 is 0 Å². The molecule has 5 atom stereocenters. The number of hydrogen-bond acceptors (Lipinski definition) is 6. The summed E-state index contributed by atoms with van der Waals surface area (Å²) >= 11 is 0. The number of benzene rings is 1. The van der Waals surface area contributed by atoms with Gasteiger partial charge in [-0.25, -0.2) is 0 Å². The van der Waals surface area contributed by atoms with E-state index < -0.39 is 17.1 Å². The van der Waals surface area contributed by atoms with Crippen LogP contribution in [0.25, 0.3) is 0 Å². The minimum absolute atomic E-state index is 0.0718. The number of nitrogens with one attached hydrogen (secondary N) is 1. The Hall–Kier alpha value is -2.44. The summed E-state index contributed by atoms with van der Waals surface area (Å²) in [5.74, 6) is 1.55. The van der Waals surface area contributed by atoms with Gasteiger partial charge in [-0.2, -0.15) is 0 Å². The molecule has 6 heteroatoms. The first-order valence-corrected chi connectivity index (χ1v) is 17.8. The maximum atomic E-state index is 13.4. The number of ketones is 1. The Kier molecular flexibility index (Phi) is 9.97. The first kappa shape index (κ1) is 31.5. The molecule has 44 heavy (non-hydrogen) atoms. The smallest absolute Gasteiger partial charge is 0.311 e. The average Bonchev–Trinajstić information content (AvgIpc) is 3.75.